The number of hydrogen-bond acceptors (Lipinski definition) is 6. The van der Waals surface area contributed by atoms with E-state index in [2.05, 4.69) is 15.9 Å². The first kappa shape index (κ1) is 20.9. The molecule has 0 aliphatic heterocycles. The van der Waals surface area contributed by atoms with Crippen LogP contribution in [0.5, 0.6) is 0 Å². The molecule has 1 saturated carbocycles. The molecule has 0 N–H and O–H groups in total. The van der Waals surface area contributed by atoms with Crippen LogP contribution in [0.2, 0.25) is 0 Å². The average molecular weight is 467 g/mol. The van der Waals surface area contributed by atoms with Crippen LogP contribution in [0.4, 0.5) is 5.69 Å². The van der Waals surface area contributed by atoms with Crippen LogP contribution < -0.4 is 11.2 Å². The van der Waals surface area contributed by atoms with Crippen molar-refractivity contribution in [2.45, 2.75) is 44.8 Å². The van der Waals surface area contributed by atoms with Crippen molar-refractivity contribution in [2.75, 3.05) is 0 Å². The summed E-state index contributed by atoms with van der Waals surface area (Å²) < 4.78 is 2.76. The molecule has 1 heterocycles. The second-order valence-electron chi connectivity index (χ2n) is 7.19. The van der Waals surface area contributed by atoms with Gasteiger partial charge in [-0.1, -0.05) is 12.1 Å². The molecule has 2 aromatic rings. The third kappa shape index (κ3) is 4.78. The zero-order valence-corrected chi connectivity index (χ0v) is 17.0. The predicted molar refractivity (Wildman–Crippen MR) is 108 cm³/mol. The van der Waals surface area contributed by atoms with E-state index in [0.717, 1.165) is 4.57 Å². The zero-order chi connectivity index (χ0) is 21.1. The maximum Gasteiger partial charge on any atom is 0.331 e. The Morgan fingerprint density at radius 2 is 1.66 bits per heavy atom. The molecule has 1 aromatic carbocycles. The quantitative estimate of drug-likeness (QED) is 0.474. The lowest BCUT2D eigenvalue weighted by Crippen LogP contribution is -2.42. The first-order chi connectivity index (χ1) is 13.8. The molecule has 29 heavy (non-hydrogen) atoms. The lowest BCUT2D eigenvalue weighted by atomic mass is 9.86. The highest BCUT2D eigenvalue weighted by Crippen LogP contribution is 2.26. The highest BCUT2D eigenvalue weighted by Gasteiger charge is 2.29. The van der Waals surface area contributed by atoms with E-state index in [4.69, 9.17) is 0 Å². The lowest BCUT2D eigenvalue weighted by molar-refractivity contribution is -0.527. The summed E-state index contributed by atoms with van der Waals surface area (Å²) in [6.45, 7) is 0.367. The van der Waals surface area contributed by atoms with E-state index in [-0.39, 0.29) is 34.1 Å². The van der Waals surface area contributed by atoms with E-state index in [0.29, 0.717) is 31.2 Å². The molecule has 0 atom stereocenters. The van der Waals surface area contributed by atoms with Gasteiger partial charge in [-0.25, -0.2) is 4.79 Å². The molecular weight excluding hydrogens is 448 g/mol. The summed E-state index contributed by atoms with van der Waals surface area (Å²) in [6, 6.07) is 5.29. The van der Waals surface area contributed by atoms with E-state index >= 15 is 0 Å². The predicted octanol–water partition coefficient (Wildman–Crippen LogP) is 2.56. The minimum Gasteiger partial charge on any atom is -0.295 e. The van der Waals surface area contributed by atoms with Gasteiger partial charge in [-0.15, -0.1) is 0 Å². The highest BCUT2D eigenvalue weighted by molar-refractivity contribution is 9.10. The van der Waals surface area contributed by atoms with Crippen molar-refractivity contribution in [1.82, 2.24) is 9.13 Å². The van der Waals surface area contributed by atoms with E-state index < -0.39 is 22.2 Å². The fourth-order valence-electron chi connectivity index (χ4n) is 3.61. The van der Waals surface area contributed by atoms with Gasteiger partial charge in [-0.3, -0.25) is 34.2 Å². The Bertz CT molecular complexity index is 1040. The number of nitrogens with zero attached hydrogens (tertiary/aromatic N) is 4. The Morgan fingerprint density at radius 3 is 2.21 bits per heavy atom. The van der Waals surface area contributed by atoms with Crippen LogP contribution in [-0.4, -0.2) is 25.0 Å². The van der Waals surface area contributed by atoms with Crippen molar-refractivity contribution in [1.29, 1.82) is 0 Å². The van der Waals surface area contributed by atoms with Crippen molar-refractivity contribution >= 4 is 21.6 Å². The molecule has 11 heteroatoms. The summed E-state index contributed by atoms with van der Waals surface area (Å²) in [5.41, 5.74) is -0.279. The number of aromatic nitrogens is 2. The van der Waals surface area contributed by atoms with Crippen LogP contribution in [-0.2, 0) is 13.1 Å². The molecule has 1 aliphatic rings. The van der Waals surface area contributed by atoms with Crippen molar-refractivity contribution in [3.05, 3.63) is 81.6 Å². The summed E-state index contributed by atoms with van der Waals surface area (Å²) in [6.07, 6.45) is 3.47. The van der Waals surface area contributed by atoms with Crippen molar-refractivity contribution in [3.8, 4) is 0 Å². The summed E-state index contributed by atoms with van der Waals surface area (Å²) in [5.74, 6) is 0.0266. The summed E-state index contributed by atoms with van der Waals surface area (Å²) in [4.78, 5) is 46.2. The maximum atomic E-state index is 12.9. The van der Waals surface area contributed by atoms with Crippen LogP contribution in [0.3, 0.4) is 0 Å². The number of nitro benzene ring substituents is 1. The lowest BCUT2D eigenvalue weighted by Gasteiger charge is -2.24. The molecule has 0 unspecified atom stereocenters. The second kappa shape index (κ2) is 8.68. The smallest absolute Gasteiger partial charge is 0.295 e. The average Bonchev–Trinajstić information content (AvgIpc) is 2.70. The Kier molecular flexibility index (Phi) is 6.26. The van der Waals surface area contributed by atoms with Gasteiger partial charge in [0.15, 0.2) is 0 Å². The molecule has 0 saturated heterocycles. The van der Waals surface area contributed by atoms with Crippen LogP contribution in [0.1, 0.15) is 31.2 Å². The standard InChI is InChI=1S/C18H19BrN4O6/c19-16-11-20(9-12-1-5-14(6-2-12)22(26)27)18(25)21(17(16)24)10-13-3-7-15(8-4-13)23(28)29/h1-2,5-6,11,13,15H,3-4,7-10H2. The fourth-order valence-corrected chi connectivity index (χ4v) is 4.07. The van der Waals surface area contributed by atoms with Gasteiger partial charge in [0, 0.05) is 42.6 Å². The molecule has 1 fully saturated rings. The fraction of sp³-hybridized carbons (Fsp3) is 0.444. The Balaban J connectivity index is 1.81. The number of hydrogen-bond donors (Lipinski definition) is 0. The van der Waals surface area contributed by atoms with Gasteiger partial charge in [-0.2, -0.15) is 0 Å². The number of halogens is 1. The van der Waals surface area contributed by atoms with Gasteiger partial charge in [0.2, 0.25) is 6.04 Å². The van der Waals surface area contributed by atoms with E-state index in [1.54, 1.807) is 12.1 Å². The molecule has 0 amide bonds. The Morgan fingerprint density at radius 1 is 1.03 bits per heavy atom. The van der Waals surface area contributed by atoms with Crippen LogP contribution in [0.15, 0.2) is 44.5 Å². The molecule has 0 spiro atoms. The first-order valence-corrected chi connectivity index (χ1v) is 9.92. The minimum absolute atomic E-state index is 0.0266. The summed E-state index contributed by atoms with van der Waals surface area (Å²) >= 11 is 3.20. The van der Waals surface area contributed by atoms with E-state index in [9.17, 15) is 29.8 Å². The van der Waals surface area contributed by atoms with Gasteiger partial charge in [0.05, 0.1) is 15.9 Å². The monoisotopic (exact) mass is 466 g/mol. The van der Waals surface area contributed by atoms with Gasteiger partial charge in [-0.05, 0) is 40.3 Å². The SMILES string of the molecule is O=c1c(Br)cn(Cc2ccc([N+](=O)[O-])cc2)c(=O)n1CC1CCC([N+](=O)[O-])CC1. The molecule has 10 nitrogen and oxygen atoms in total. The van der Waals surface area contributed by atoms with Gasteiger partial charge in [0.1, 0.15) is 0 Å². The molecule has 1 aromatic heterocycles. The third-order valence-electron chi connectivity index (χ3n) is 5.25. The summed E-state index contributed by atoms with van der Waals surface area (Å²) in [7, 11) is 0. The Hall–Kier alpha value is -2.82. The normalized spacial score (nSPS) is 19.1. The molecule has 3 rings (SSSR count). The van der Waals surface area contributed by atoms with Gasteiger partial charge < -0.3 is 0 Å². The van der Waals surface area contributed by atoms with E-state index in [1.807, 2.05) is 0 Å². The van der Waals surface area contributed by atoms with Crippen molar-refractivity contribution in [2.24, 2.45) is 5.92 Å². The third-order valence-corrected chi connectivity index (χ3v) is 5.79. The minimum atomic E-state index is -0.552. The van der Waals surface area contributed by atoms with Crippen molar-refractivity contribution < 1.29 is 9.85 Å². The van der Waals surface area contributed by atoms with Crippen LogP contribution in [0, 0.1) is 26.1 Å². The number of nitro groups is 2. The van der Waals surface area contributed by atoms with Crippen LogP contribution in [0.25, 0.3) is 0 Å². The topological polar surface area (TPSA) is 130 Å². The van der Waals surface area contributed by atoms with Gasteiger partial charge in [0.25, 0.3) is 11.2 Å². The molecule has 1 aliphatic carbocycles. The zero-order valence-electron chi connectivity index (χ0n) is 15.4. The number of rotatable bonds is 6. The largest absolute Gasteiger partial charge is 0.331 e. The number of benzene rings is 1. The van der Waals surface area contributed by atoms with Gasteiger partial charge >= 0.3 is 5.69 Å². The van der Waals surface area contributed by atoms with Crippen molar-refractivity contribution in [3.63, 3.8) is 0 Å². The van der Waals surface area contributed by atoms with Crippen LogP contribution >= 0.6 is 15.9 Å². The first-order valence-electron chi connectivity index (χ1n) is 9.13. The summed E-state index contributed by atoms with van der Waals surface area (Å²) in [5, 5.41) is 21.7. The Labute approximate surface area is 173 Å². The highest BCUT2D eigenvalue weighted by atomic mass is 79.9. The molecule has 154 valence electrons. The second-order valence-corrected chi connectivity index (χ2v) is 8.04. The molecule has 0 bridgehead atoms. The maximum absolute atomic E-state index is 12.9. The molecule has 0 radical (unpaired) electrons. The van der Waals surface area contributed by atoms with E-state index in [1.165, 1.54) is 22.9 Å². The molecular formula is C18H19BrN4O6. The number of non-ortho nitro benzene ring substituents is 1.